The summed E-state index contributed by atoms with van der Waals surface area (Å²) >= 11 is 5.87. The number of likely N-dealkylation sites (tertiary alicyclic amines) is 1. The van der Waals surface area contributed by atoms with Gasteiger partial charge in [-0.2, -0.15) is 0 Å². The molecule has 1 aromatic heterocycles. The Morgan fingerprint density at radius 3 is 2.61 bits per heavy atom. The second kappa shape index (κ2) is 9.87. The zero-order valence-electron chi connectivity index (χ0n) is 17.6. The standard InChI is InChI=1S/C24H22ClFN4O3/c25-16-6-8-17(9-7-16)28-24(33)30-13-3-4-21(30)22(31)15-27-20-11-10-18(14-19(20)26)29-12-2-1-5-23(29)32/h1-2,5-12,14,21,27H,3-4,13,15H2,(H,28,33)/t21-/m1/s1. The van der Waals surface area contributed by atoms with Gasteiger partial charge in [0, 0.05) is 35.6 Å². The lowest BCUT2D eigenvalue weighted by molar-refractivity contribution is -0.120. The summed E-state index contributed by atoms with van der Waals surface area (Å²) in [7, 11) is 0. The number of ketones is 1. The lowest BCUT2D eigenvalue weighted by Crippen LogP contribution is -2.44. The first kappa shape index (κ1) is 22.5. The zero-order valence-corrected chi connectivity index (χ0v) is 18.4. The summed E-state index contributed by atoms with van der Waals surface area (Å²) in [6.45, 7) is 0.335. The fraction of sp³-hybridized carbons (Fsp3) is 0.208. The number of anilines is 2. The molecule has 33 heavy (non-hydrogen) atoms. The molecule has 2 aromatic carbocycles. The molecule has 1 fully saturated rings. The number of amides is 2. The van der Waals surface area contributed by atoms with Crippen molar-refractivity contribution in [2.75, 3.05) is 23.7 Å². The van der Waals surface area contributed by atoms with Gasteiger partial charge in [0.05, 0.1) is 24.0 Å². The normalized spacial score (nSPS) is 15.3. The number of carbonyl (C=O) groups is 2. The number of hydrogen-bond acceptors (Lipinski definition) is 4. The molecule has 0 unspecified atom stereocenters. The van der Waals surface area contributed by atoms with Gasteiger partial charge in [-0.15, -0.1) is 0 Å². The summed E-state index contributed by atoms with van der Waals surface area (Å²) in [4.78, 5) is 38.9. The van der Waals surface area contributed by atoms with Crippen LogP contribution in [0.15, 0.2) is 71.7 Å². The Labute approximate surface area is 194 Å². The van der Waals surface area contributed by atoms with Gasteiger partial charge in [0.25, 0.3) is 5.56 Å². The number of nitrogens with zero attached hydrogens (tertiary/aromatic N) is 2. The van der Waals surface area contributed by atoms with Gasteiger partial charge in [-0.25, -0.2) is 9.18 Å². The Kier molecular flexibility index (Phi) is 6.74. The quantitative estimate of drug-likeness (QED) is 0.564. The maximum Gasteiger partial charge on any atom is 0.322 e. The van der Waals surface area contributed by atoms with Gasteiger partial charge < -0.3 is 15.5 Å². The van der Waals surface area contributed by atoms with Crippen LogP contribution in [0.1, 0.15) is 12.8 Å². The fourth-order valence-electron chi connectivity index (χ4n) is 3.81. The largest absolute Gasteiger partial charge is 0.376 e. The van der Waals surface area contributed by atoms with Crippen molar-refractivity contribution < 1.29 is 14.0 Å². The highest BCUT2D eigenvalue weighted by Crippen LogP contribution is 2.22. The average molecular weight is 469 g/mol. The number of halogens is 2. The van der Waals surface area contributed by atoms with Gasteiger partial charge in [0.1, 0.15) is 5.82 Å². The Bertz CT molecular complexity index is 1230. The molecule has 0 saturated carbocycles. The first-order valence-corrected chi connectivity index (χ1v) is 10.9. The Morgan fingerprint density at radius 2 is 1.88 bits per heavy atom. The third-order valence-electron chi connectivity index (χ3n) is 5.49. The molecule has 3 aromatic rings. The summed E-state index contributed by atoms with van der Waals surface area (Å²) in [5.41, 5.74) is 0.841. The number of hydrogen-bond donors (Lipinski definition) is 2. The van der Waals surface area contributed by atoms with Crippen molar-refractivity contribution in [1.29, 1.82) is 0 Å². The molecule has 1 saturated heterocycles. The van der Waals surface area contributed by atoms with Crippen LogP contribution in [0.4, 0.5) is 20.6 Å². The van der Waals surface area contributed by atoms with E-state index in [9.17, 15) is 18.8 Å². The molecule has 1 aliphatic rings. The molecule has 0 spiro atoms. The minimum Gasteiger partial charge on any atom is -0.376 e. The highest BCUT2D eigenvalue weighted by atomic mass is 35.5. The molecule has 1 atom stereocenters. The number of benzene rings is 2. The minimum absolute atomic E-state index is 0.128. The zero-order chi connectivity index (χ0) is 23.4. The maximum atomic E-state index is 14.6. The number of aromatic nitrogens is 1. The third-order valence-corrected chi connectivity index (χ3v) is 5.74. The molecular weight excluding hydrogens is 447 g/mol. The minimum atomic E-state index is -0.588. The summed E-state index contributed by atoms with van der Waals surface area (Å²) in [6.07, 6.45) is 2.81. The van der Waals surface area contributed by atoms with Gasteiger partial charge in [0.15, 0.2) is 5.78 Å². The monoisotopic (exact) mass is 468 g/mol. The molecule has 170 valence electrons. The molecule has 4 rings (SSSR count). The molecule has 2 N–H and O–H groups in total. The second-order valence-corrected chi connectivity index (χ2v) is 8.12. The molecule has 7 nitrogen and oxygen atoms in total. The summed E-state index contributed by atoms with van der Waals surface area (Å²) in [5, 5.41) is 6.15. The third kappa shape index (κ3) is 5.23. The first-order chi connectivity index (χ1) is 15.9. The van der Waals surface area contributed by atoms with Crippen molar-refractivity contribution >= 4 is 34.8 Å². The Morgan fingerprint density at radius 1 is 1.09 bits per heavy atom. The van der Waals surface area contributed by atoms with E-state index in [4.69, 9.17) is 11.6 Å². The predicted octanol–water partition coefficient (Wildman–Crippen LogP) is 4.31. The number of rotatable bonds is 6. The highest BCUT2D eigenvalue weighted by molar-refractivity contribution is 6.30. The predicted molar refractivity (Wildman–Crippen MR) is 126 cm³/mol. The molecule has 0 radical (unpaired) electrons. The first-order valence-electron chi connectivity index (χ1n) is 10.5. The van der Waals surface area contributed by atoms with Gasteiger partial charge >= 0.3 is 6.03 Å². The maximum absolute atomic E-state index is 14.6. The van der Waals surface area contributed by atoms with Crippen LogP contribution in [0.5, 0.6) is 0 Å². The number of Topliss-reactive ketones (excluding diaryl/α,β-unsaturated/α-hetero) is 1. The van der Waals surface area contributed by atoms with E-state index in [1.807, 2.05) is 0 Å². The highest BCUT2D eigenvalue weighted by Gasteiger charge is 2.33. The molecular formula is C24H22ClFN4O3. The van der Waals surface area contributed by atoms with Gasteiger partial charge in [0.2, 0.25) is 0 Å². The van der Waals surface area contributed by atoms with Crippen molar-refractivity contribution in [3.63, 3.8) is 0 Å². The molecule has 2 amide bonds. The van der Waals surface area contributed by atoms with Crippen LogP contribution in [-0.2, 0) is 4.79 Å². The average Bonchev–Trinajstić information content (AvgIpc) is 3.30. The second-order valence-electron chi connectivity index (χ2n) is 7.68. The van der Waals surface area contributed by atoms with E-state index < -0.39 is 11.9 Å². The molecule has 1 aliphatic heterocycles. The van der Waals surface area contributed by atoms with Gasteiger partial charge in [-0.05, 0) is 55.3 Å². The van der Waals surface area contributed by atoms with Gasteiger partial charge in [-0.1, -0.05) is 17.7 Å². The lowest BCUT2D eigenvalue weighted by atomic mass is 10.1. The van der Waals surface area contributed by atoms with Crippen LogP contribution < -0.4 is 16.2 Å². The topological polar surface area (TPSA) is 83.4 Å². The van der Waals surface area contributed by atoms with Crippen LogP contribution in [0.2, 0.25) is 5.02 Å². The molecule has 0 aliphatic carbocycles. The van der Waals surface area contributed by atoms with Crippen LogP contribution in [0.25, 0.3) is 5.69 Å². The number of pyridine rings is 1. The molecule has 9 heteroatoms. The fourth-order valence-corrected chi connectivity index (χ4v) is 3.94. The van der Waals surface area contributed by atoms with Crippen molar-refractivity contribution in [1.82, 2.24) is 9.47 Å². The number of urea groups is 1. The van der Waals surface area contributed by atoms with Crippen molar-refractivity contribution in [3.05, 3.63) is 88.1 Å². The summed E-state index contributed by atoms with van der Waals surface area (Å²) in [6, 6.07) is 14.7. The van der Waals surface area contributed by atoms with Crippen LogP contribution >= 0.6 is 11.6 Å². The molecule has 2 heterocycles. The number of nitrogens with one attached hydrogen (secondary N) is 2. The van der Waals surface area contributed by atoms with Crippen molar-refractivity contribution in [2.24, 2.45) is 0 Å². The SMILES string of the molecule is O=C(CNc1ccc(-n2ccccc2=O)cc1F)[C@H]1CCCN1C(=O)Nc1ccc(Cl)cc1. The Hall–Kier alpha value is -3.65. The number of carbonyl (C=O) groups excluding carboxylic acids is 2. The van der Waals surface area contributed by atoms with E-state index in [2.05, 4.69) is 10.6 Å². The van der Waals surface area contributed by atoms with Crippen LogP contribution in [-0.4, -0.2) is 40.4 Å². The lowest BCUT2D eigenvalue weighted by Gasteiger charge is -2.24. The van der Waals surface area contributed by atoms with E-state index >= 15 is 0 Å². The molecule has 0 bridgehead atoms. The van der Waals surface area contributed by atoms with E-state index in [0.29, 0.717) is 35.8 Å². The smallest absolute Gasteiger partial charge is 0.322 e. The Balaban J connectivity index is 1.38. The summed E-state index contributed by atoms with van der Waals surface area (Å²) < 4.78 is 15.9. The van der Waals surface area contributed by atoms with Crippen LogP contribution in [0, 0.1) is 5.82 Å². The van der Waals surface area contributed by atoms with E-state index in [0.717, 1.165) is 0 Å². The summed E-state index contributed by atoms with van der Waals surface area (Å²) in [5.74, 6) is -0.790. The van der Waals surface area contributed by atoms with E-state index in [1.165, 1.54) is 27.7 Å². The van der Waals surface area contributed by atoms with Crippen molar-refractivity contribution in [2.45, 2.75) is 18.9 Å². The van der Waals surface area contributed by atoms with Crippen LogP contribution in [0.3, 0.4) is 0 Å². The van der Waals surface area contributed by atoms with Gasteiger partial charge in [-0.3, -0.25) is 14.2 Å². The van der Waals surface area contributed by atoms with Crippen molar-refractivity contribution in [3.8, 4) is 5.69 Å². The van der Waals surface area contributed by atoms with E-state index in [1.54, 1.807) is 48.7 Å². The van der Waals surface area contributed by atoms with E-state index in [-0.39, 0.29) is 29.6 Å².